The second kappa shape index (κ2) is 6.32. The number of pyridine rings is 1. The monoisotopic (exact) mass is 527 g/mol. The lowest BCUT2D eigenvalue weighted by molar-refractivity contribution is 0.0695. The van der Waals surface area contributed by atoms with Crippen molar-refractivity contribution in [1.82, 2.24) is 4.57 Å². The third-order valence-corrected chi connectivity index (χ3v) is 8.40. The highest BCUT2D eigenvalue weighted by atomic mass is 127. The highest BCUT2D eigenvalue weighted by Gasteiger charge is 2.61. The molecular formula is C21H23FIN3O4. The van der Waals surface area contributed by atoms with Crippen LogP contribution < -0.4 is 20.8 Å². The fourth-order valence-corrected chi connectivity index (χ4v) is 5.86. The number of carboxylic acid groups (broad SMARTS) is 1. The third kappa shape index (κ3) is 2.70. The van der Waals surface area contributed by atoms with Crippen molar-refractivity contribution in [3.63, 3.8) is 0 Å². The van der Waals surface area contributed by atoms with E-state index in [1.165, 1.54) is 13.3 Å². The van der Waals surface area contributed by atoms with Crippen molar-refractivity contribution in [3.05, 3.63) is 33.9 Å². The van der Waals surface area contributed by atoms with Gasteiger partial charge in [-0.2, -0.15) is 0 Å². The number of aromatic carboxylic acids is 1. The SMILES string of the molecule is COc1c(N2CC3(CC3)[C@](C)(N)C2)c(F)cc2c(=O)c(C(=O)O)cn([C@@H]3C[C@@H]3I)c12. The van der Waals surface area contributed by atoms with E-state index in [4.69, 9.17) is 10.5 Å². The molecular weight excluding hydrogens is 504 g/mol. The first kappa shape index (κ1) is 20.0. The lowest BCUT2D eigenvalue weighted by Gasteiger charge is -2.26. The van der Waals surface area contributed by atoms with Crippen LogP contribution in [0.1, 0.15) is 42.6 Å². The molecule has 2 aromatic rings. The Morgan fingerprint density at radius 2 is 2.07 bits per heavy atom. The molecule has 1 aromatic carbocycles. The Balaban J connectivity index is 1.78. The number of nitrogens with two attached hydrogens (primary N) is 1. The quantitative estimate of drug-likeness (QED) is 0.469. The van der Waals surface area contributed by atoms with Gasteiger partial charge in [0.25, 0.3) is 0 Å². The minimum absolute atomic E-state index is 0.0178. The van der Waals surface area contributed by atoms with Gasteiger partial charge in [-0.25, -0.2) is 9.18 Å². The lowest BCUT2D eigenvalue weighted by Crippen LogP contribution is -2.45. The number of methoxy groups -OCH3 is 1. The van der Waals surface area contributed by atoms with Crippen molar-refractivity contribution < 1.29 is 19.0 Å². The second-order valence-electron chi connectivity index (χ2n) is 9.09. The van der Waals surface area contributed by atoms with Gasteiger partial charge in [0.2, 0.25) is 5.43 Å². The average Bonchev–Trinajstić information content (AvgIpc) is 3.57. The topological polar surface area (TPSA) is 97.8 Å². The summed E-state index contributed by atoms with van der Waals surface area (Å²) in [4.78, 5) is 26.4. The maximum atomic E-state index is 15.4. The summed E-state index contributed by atoms with van der Waals surface area (Å²) < 4.78 is 23.2. The van der Waals surface area contributed by atoms with E-state index < -0.39 is 22.8 Å². The van der Waals surface area contributed by atoms with Gasteiger partial charge in [0.1, 0.15) is 11.3 Å². The molecule has 1 spiro atoms. The van der Waals surface area contributed by atoms with E-state index in [1.54, 1.807) is 4.57 Å². The minimum Gasteiger partial charge on any atom is -0.492 e. The van der Waals surface area contributed by atoms with Crippen LogP contribution in [0.3, 0.4) is 0 Å². The summed E-state index contributed by atoms with van der Waals surface area (Å²) >= 11 is 2.30. The Kier molecular flexibility index (Phi) is 4.22. The van der Waals surface area contributed by atoms with Crippen LogP contribution in [0.4, 0.5) is 10.1 Å². The van der Waals surface area contributed by atoms with Gasteiger partial charge in [-0.3, -0.25) is 4.79 Å². The zero-order chi connectivity index (χ0) is 21.6. The Bertz CT molecular complexity index is 1150. The van der Waals surface area contributed by atoms with Crippen LogP contribution in [0.15, 0.2) is 17.1 Å². The molecule has 0 radical (unpaired) electrons. The normalized spacial score (nSPS) is 28.9. The van der Waals surface area contributed by atoms with E-state index in [-0.39, 0.29) is 28.2 Å². The average molecular weight is 527 g/mol. The van der Waals surface area contributed by atoms with E-state index >= 15 is 4.39 Å². The Labute approximate surface area is 186 Å². The van der Waals surface area contributed by atoms with Crippen molar-refractivity contribution in [2.75, 3.05) is 25.1 Å². The molecule has 0 unspecified atom stereocenters. The number of carbonyl (C=O) groups is 1. The van der Waals surface area contributed by atoms with Gasteiger partial charge in [-0.05, 0) is 32.3 Å². The molecule has 0 amide bonds. The molecule has 1 aromatic heterocycles. The van der Waals surface area contributed by atoms with E-state index in [0.29, 0.717) is 28.2 Å². The number of hydrogen-bond acceptors (Lipinski definition) is 5. The number of fused-ring (bicyclic) bond motifs is 1. The van der Waals surface area contributed by atoms with E-state index in [9.17, 15) is 14.7 Å². The lowest BCUT2D eigenvalue weighted by atomic mass is 9.87. The van der Waals surface area contributed by atoms with E-state index in [1.807, 2.05) is 11.8 Å². The Morgan fingerprint density at radius 3 is 2.57 bits per heavy atom. The van der Waals surface area contributed by atoms with Crippen molar-refractivity contribution >= 4 is 45.2 Å². The summed E-state index contributed by atoms with van der Waals surface area (Å²) in [6, 6.07) is 1.20. The molecule has 3 fully saturated rings. The number of rotatable bonds is 4. The largest absolute Gasteiger partial charge is 0.492 e. The highest BCUT2D eigenvalue weighted by Crippen LogP contribution is 2.59. The van der Waals surface area contributed by atoms with Crippen LogP contribution in [-0.2, 0) is 0 Å². The number of ether oxygens (including phenoxy) is 1. The zero-order valence-electron chi connectivity index (χ0n) is 16.7. The molecule has 3 N–H and O–H groups in total. The van der Waals surface area contributed by atoms with Crippen LogP contribution in [-0.4, -0.2) is 45.3 Å². The molecule has 2 aliphatic carbocycles. The maximum Gasteiger partial charge on any atom is 0.341 e. The van der Waals surface area contributed by atoms with Crippen molar-refractivity contribution in [1.29, 1.82) is 0 Å². The zero-order valence-corrected chi connectivity index (χ0v) is 18.9. The van der Waals surface area contributed by atoms with Gasteiger partial charge in [-0.15, -0.1) is 0 Å². The molecule has 1 saturated heterocycles. The molecule has 5 rings (SSSR count). The summed E-state index contributed by atoms with van der Waals surface area (Å²) in [5, 5.41) is 9.53. The van der Waals surface area contributed by atoms with Crippen LogP contribution in [0, 0.1) is 11.2 Å². The Morgan fingerprint density at radius 1 is 1.40 bits per heavy atom. The van der Waals surface area contributed by atoms with Gasteiger partial charge < -0.3 is 25.0 Å². The Hall–Kier alpha value is -1.88. The van der Waals surface area contributed by atoms with Gasteiger partial charge in [0, 0.05) is 40.2 Å². The van der Waals surface area contributed by atoms with E-state index in [0.717, 1.165) is 25.3 Å². The van der Waals surface area contributed by atoms with Gasteiger partial charge in [-0.1, -0.05) is 22.6 Å². The molecule has 0 bridgehead atoms. The number of nitrogens with zero attached hydrogens (tertiary/aromatic N) is 2. The molecule has 1 aliphatic heterocycles. The fourth-order valence-electron chi connectivity index (χ4n) is 4.99. The molecule has 160 valence electrons. The summed E-state index contributed by atoms with van der Waals surface area (Å²) in [6.07, 6.45) is 4.25. The number of anilines is 1. The predicted molar refractivity (Wildman–Crippen MR) is 120 cm³/mol. The van der Waals surface area contributed by atoms with Crippen molar-refractivity contribution in [2.24, 2.45) is 11.1 Å². The number of carboxylic acids is 1. The first-order valence-electron chi connectivity index (χ1n) is 9.97. The predicted octanol–water partition coefficient (Wildman–Crippen LogP) is 2.91. The number of benzene rings is 1. The highest BCUT2D eigenvalue weighted by molar-refractivity contribution is 14.1. The number of halogens is 2. The molecule has 7 nitrogen and oxygen atoms in total. The first-order chi connectivity index (χ1) is 14.1. The van der Waals surface area contributed by atoms with Crippen LogP contribution in [0.2, 0.25) is 0 Å². The number of aromatic nitrogens is 1. The third-order valence-electron chi connectivity index (χ3n) is 7.07. The summed E-state index contributed by atoms with van der Waals surface area (Å²) in [6.45, 7) is 3.13. The summed E-state index contributed by atoms with van der Waals surface area (Å²) in [5.74, 6) is -1.65. The van der Waals surface area contributed by atoms with Gasteiger partial charge in [0.05, 0.1) is 18.0 Å². The van der Waals surface area contributed by atoms with Crippen LogP contribution >= 0.6 is 22.6 Å². The maximum absolute atomic E-state index is 15.4. The smallest absolute Gasteiger partial charge is 0.341 e. The molecule has 3 aliphatic rings. The van der Waals surface area contributed by atoms with Crippen LogP contribution in [0.25, 0.3) is 10.9 Å². The van der Waals surface area contributed by atoms with E-state index in [2.05, 4.69) is 22.6 Å². The molecule has 9 heteroatoms. The number of alkyl halides is 1. The molecule has 2 heterocycles. The number of hydrogen-bond donors (Lipinski definition) is 2. The summed E-state index contributed by atoms with van der Waals surface area (Å²) in [5.41, 5.74) is 5.79. The second-order valence-corrected chi connectivity index (χ2v) is 10.7. The van der Waals surface area contributed by atoms with Crippen molar-refractivity contribution in [2.45, 2.75) is 41.7 Å². The first-order valence-corrected chi connectivity index (χ1v) is 11.2. The fraction of sp³-hybridized carbons (Fsp3) is 0.524. The van der Waals surface area contributed by atoms with Crippen LogP contribution in [0.5, 0.6) is 5.75 Å². The standard InChI is InChI=1S/C21H23FIN3O4/c1-20(24)8-25(9-21(20)3-4-21)16-12(22)5-10-15(18(16)30-2)26(14-6-13(14)23)7-11(17(10)27)19(28)29/h5,7,13-14H,3-4,6,8-9,24H2,1-2H3,(H,28,29)/t13-,14+,20+/m0/s1. The molecule has 30 heavy (non-hydrogen) atoms. The molecule has 3 atom stereocenters. The van der Waals surface area contributed by atoms with Gasteiger partial charge >= 0.3 is 5.97 Å². The van der Waals surface area contributed by atoms with Crippen molar-refractivity contribution in [3.8, 4) is 5.75 Å². The minimum atomic E-state index is -1.32. The summed E-state index contributed by atoms with van der Waals surface area (Å²) in [7, 11) is 1.46. The van der Waals surface area contributed by atoms with Gasteiger partial charge in [0.15, 0.2) is 11.6 Å². The molecule has 2 saturated carbocycles.